The summed E-state index contributed by atoms with van der Waals surface area (Å²) >= 11 is 0. The SMILES string of the molecule is Cc1cc(C)c2c(c1)C1CCCCC1C2. The van der Waals surface area contributed by atoms with Gasteiger partial charge in [-0.2, -0.15) is 0 Å². The number of rotatable bonds is 0. The van der Waals surface area contributed by atoms with Crippen LogP contribution in [-0.2, 0) is 6.42 Å². The zero-order chi connectivity index (χ0) is 10.4. The van der Waals surface area contributed by atoms with Gasteiger partial charge in [0.25, 0.3) is 0 Å². The molecular weight excluding hydrogens is 180 g/mol. The van der Waals surface area contributed by atoms with Crippen molar-refractivity contribution in [2.24, 2.45) is 5.92 Å². The third kappa shape index (κ3) is 1.42. The fourth-order valence-electron chi connectivity index (χ4n) is 3.76. The molecule has 0 N–H and O–H groups in total. The summed E-state index contributed by atoms with van der Waals surface area (Å²) < 4.78 is 0. The lowest BCUT2D eigenvalue weighted by molar-refractivity contribution is 0.330. The Morgan fingerprint density at radius 2 is 1.87 bits per heavy atom. The minimum atomic E-state index is 0.910. The molecule has 0 radical (unpaired) electrons. The number of benzene rings is 1. The number of hydrogen-bond donors (Lipinski definition) is 0. The van der Waals surface area contributed by atoms with Gasteiger partial charge >= 0.3 is 0 Å². The van der Waals surface area contributed by atoms with E-state index in [-0.39, 0.29) is 0 Å². The first-order chi connectivity index (χ1) is 7.25. The monoisotopic (exact) mass is 200 g/mol. The zero-order valence-electron chi connectivity index (χ0n) is 9.84. The Kier molecular flexibility index (Phi) is 2.12. The number of fused-ring (bicyclic) bond motifs is 3. The molecular formula is C15H20. The van der Waals surface area contributed by atoms with E-state index in [9.17, 15) is 0 Å². The van der Waals surface area contributed by atoms with Crippen LogP contribution >= 0.6 is 0 Å². The molecule has 1 saturated carbocycles. The Labute approximate surface area is 92.7 Å². The minimum Gasteiger partial charge on any atom is -0.0561 e. The molecule has 3 rings (SSSR count). The molecule has 15 heavy (non-hydrogen) atoms. The number of aryl methyl sites for hydroxylation is 2. The van der Waals surface area contributed by atoms with Crippen LogP contribution in [0, 0.1) is 19.8 Å². The predicted molar refractivity (Wildman–Crippen MR) is 64.3 cm³/mol. The number of hydrogen-bond acceptors (Lipinski definition) is 0. The molecule has 0 saturated heterocycles. The van der Waals surface area contributed by atoms with Crippen molar-refractivity contribution in [2.45, 2.75) is 51.9 Å². The summed E-state index contributed by atoms with van der Waals surface area (Å²) in [5, 5.41) is 0. The maximum absolute atomic E-state index is 2.46. The zero-order valence-corrected chi connectivity index (χ0v) is 9.84. The highest BCUT2D eigenvalue weighted by Crippen LogP contribution is 2.47. The predicted octanol–water partition coefficient (Wildman–Crippen LogP) is 4.13. The van der Waals surface area contributed by atoms with Crippen LogP contribution in [0.15, 0.2) is 12.1 Å². The largest absolute Gasteiger partial charge is 0.0561 e. The fourth-order valence-corrected chi connectivity index (χ4v) is 3.76. The second-order valence-electron chi connectivity index (χ2n) is 5.50. The third-order valence-electron chi connectivity index (χ3n) is 4.43. The second-order valence-corrected chi connectivity index (χ2v) is 5.50. The Bertz CT molecular complexity index is 389. The molecule has 2 atom stereocenters. The summed E-state index contributed by atoms with van der Waals surface area (Å²) in [7, 11) is 0. The highest BCUT2D eigenvalue weighted by Gasteiger charge is 2.34. The standard InChI is InChI=1S/C15H20/c1-10-7-11(2)14-9-12-5-3-4-6-13(12)15(14)8-10/h7-8,12-13H,3-6,9H2,1-2H3. The van der Waals surface area contributed by atoms with Crippen molar-refractivity contribution in [3.05, 3.63) is 34.4 Å². The first kappa shape index (κ1) is 9.45. The first-order valence-corrected chi connectivity index (χ1v) is 6.36. The lowest BCUT2D eigenvalue weighted by Gasteiger charge is -2.25. The summed E-state index contributed by atoms with van der Waals surface area (Å²) in [6, 6.07) is 4.81. The summed E-state index contributed by atoms with van der Waals surface area (Å²) in [5.74, 6) is 1.89. The lowest BCUT2D eigenvalue weighted by Crippen LogP contribution is -2.12. The van der Waals surface area contributed by atoms with Crippen molar-refractivity contribution in [1.82, 2.24) is 0 Å². The molecule has 0 aromatic heterocycles. The van der Waals surface area contributed by atoms with Crippen molar-refractivity contribution < 1.29 is 0 Å². The lowest BCUT2D eigenvalue weighted by atomic mass is 9.80. The van der Waals surface area contributed by atoms with Gasteiger partial charge in [-0.3, -0.25) is 0 Å². The normalized spacial score (nSPS) is 28.7. The second kappa shape index (κ2) is 3.37. The summed E-state index contributed by atoms with van der Waals surface area (Å²) in [6.07, 6.45) is 7.20. The molecule has 0 nitrogen and oxygen atoms in total. The van der Waals surface area contributed by atoms with Gasteiger partial charge in [-0.15, -0.1) is 0 Å². The van der Waals surface area contributed by atoms with Crippen molar-refractivity contribution >= 4 is 0 Å². The van der Waals surface area contributed by atoms with Crippen LogP contribution in [0.4, 0.5) is 0 Å². The summed E-state index contributed by atoms with van der Waals surface area (Å²) in [5.41, 5.74) is 6.39. The molecule has 2 aliphatic carbocycles. The van der Waals surface area contributed by atoms with E-state index in [2.05, 4.69) is 26.0 Å². The van der Waals surface area contributed by atoms with Crippen LogP contribution in [0.2, 0.25) is 0 Å². The Morgan fingerprint density at radius 1 is 1.07 bits per heavy atom. The highest BCUT2D eigenvalue weighted by atomic mass is 14.4. The van der Waals surface area contributed by atoms with E-state index >= 15 is 0 Å². The van der Waals surface area contributed by atoms with E-state index in [1.807, 2.05) is 0 Å². The third-order valence-corrected chi connectivity index (χ3v) is 4.43. The van der Waals surface area contributed by atoms with Crippen LogP contribution in [0.5, 0.6) is 0 Å². The van der Waals surface area contributed by atoms with Gasteiger partial charge in [0.2, 0.25) is 0 Å². The van der Waals surface area contributed by atoms with Gasteiger partial charge in [0, 0.05) is 0 Å². The molecule has 2 aliphatic rings. The average molecular weight is 200 g/mol. The molecule has 0 bridgehead atoms. The highest BCUT2D eigenvalue weighted by molar-refractivity contribution is 5.44. The van der Waals surface area contributed by atoms with Gasteiger partial charge in [0.05, 0.1) is 0 Å². The smallest absolute Gasteiger partial charge is 0.0128 e. The van der Waals surface area contributed by atoms with E-state index in [0.717, 1.165) is 11.8 Å². The van der Waals surface area contributed by atoms with Gasteiger partial charge < -0.3 is 0 Å². The molecule has 1 fully saturated rings. The van der Waals surface area contributed by atoms with Gasteiger partial charge in [-0.05, 0) is 61.6 Å². The molecule has 0 spiro atoms. The average Bonchev–Trinajstić information content (AvgIpc) is 2.57. The summed E-state index contributed by atoms with van der Waals surface area (Å²) in [4.78, 5) is 0. The van der Waals surface area contributed by atoms with Crippen molar-refractivity contribution in [2.75, 3.05) is 0 Å². The molecule has 0 aliphatic heterocycles. The van der Waals surface area contributed by atoms with E-state index in [4.69, 9.17) is 0 Å². The maximum Gasteiger partial charge on any atom is -0.0128 e. The van der Waals surface area contributed by atoms with Gasteiger partial charge in [0.15, 0.2) is 0 Å². The molecule has 1 aromatic carbocycles. The maximum atomic E-state index is 2.46. The topological polar surface area (TPSA) is 0 Å². The van der Waals surface area contributed by atoms with E-state index in [0.29, 0.717) is 0 Å². The molecule has 0 heterocycles. The molecule has 80 valence electrons. The molecule has 0 amide bonds. The van der Waals surface area contributed by atoms with Gasteiger partial charge in [-0.25, -0.2) is 0 Å². The van der Waals surface area contributed by atoms with E-state index in [1.165, 1.54) is 37.7 Å². The molecule has 0 heteroatoms. The van der Waals surface area contributed by atoms with Crippen LogP contribution < -0.4 is 0 Å². The van der Waals surface area contributed by atoms with Crippen LogP contribution in [-0.4, -0.2) is 0 Å². The van der Waals surface area contributed by atoms with Gasteiger partial charge in [0.1, 0.15) is 0 Å². The Balaban J connectivity index is 2.08. The first-order valence-electron chi connectivity index (χ1n) is 6.36. The Morgan fingerprint density at radius 3 is 2.73 bits per heavy atom. The molecule has 1 aromatic rings. The minimum absolute atomic E-state index is 0.910. The van der Waals surface area contributed by atoms with Crippen LogP contribution in [0.1, 0.15) is 53.9 Å². The van der Waals surface area contributed by atoms with Crippen molar-refractivity contribution in [3.63, 3.8) is 0 Å². The fraction of sp³-hybridized carbons (Fsp3) is 0.600. The van der Waals surface area contributed by atoms with Gasteiger partial charge in [-0.1, -0.05) is 30.5 Å². The van der Waals surface area contributed by atoms with E-state index < -0.39 is 0 Å². The quantitative estimate of drug-likeness (QED) is 0.590. The summed E-state index contributed by atoms with van der Waals surface area (Å²) in [6.45, 7) is 4.53. The Hall–Kier alpha value is -0.780. The van der Waals surface area contributed by atoms with E-state index in [1.54, 1.807) is 16.7 Å². The molecule has 2 unspecified atom stereocenters. The van der Waals surface area contributed by atoms with Crippen molar-refractivity contribution in [1.29, 1.82) is 0 Å². The van der Waals surface area contributed by atoms with Crippen LogP contribution in [0.25, 0.3) is 0 Å². The van der Waals surface area contributed by atoms with Crippen molar-refractivity contribution in [3.8, 4) is 0 Å². The van der Waals surface area contributed by atoms with Crippen LogP contribution in [0.3, 0.4) is 0 Å².